The fourth-order valence-electron chi connectivity index (χ4n) is 6.64. The van der Waals surface area contributed by atoms with E-state index in [-0.39, 0.29) is 5.82 Å². The SMILES string of the molecule is C=C/C(=C\C(=C/C)c1cc2c(-c3cc4c(-c5cc(F)cc(CCCN6CCCC6)c5)cccc4[nH]3)n[nH]c2cn1)NC(=C)CC(C)C. The summed E-state index contributed by atoms with van der Waals surface area (Å²) in [5.74, 6) is 0.310. The van der Waals surface area contributed by atoms with Gasteiger partial charge in [0.2, 0.25) is 0 Å². The smallest absolute Gasteiger partial charge is 0.124 e. The largest absolute Gasteiger partial charge is 0.359 e. The van der Waals surface area contributed by atoms with Crippen molar-refractivity contribution in [1.82, 2.24) is 30.4 Å². The highest BCUT2D eigenvalue weighted by molar-refractivity contribution is 6.01. The lowest BCUT2D eigenvalue weighted by Gasteiger charge is -2.14. The maximum atomic E-state index is 14.9. The summed E-state index contributed by atoms with van der Waals surface area (Å²) < 4.78 is 14.9. The van der Waals surface area contributed by atoms with E-state index in [1.54, 1.807) is 18.2 Å². The monoisotopic (exact) mass is 628 g/mol. The predicted octanol–water partition coefficient (Wildman–Crippen LogP) is 9.56. The van der Waals surface area contributed by atoms with Crippen LogP contribution in [0, 0.1) is 11.7 Å². The highest BCUT2D eigenvalue weighted by atomic mass is 19.1. The van der Waals surface area contributed by atoms with Crippen LogP contribution in [-0.4, -0.2) is 44.7 Å². The molecule has 0 aliphatic carbocycles. The standard InChI is InChI=1S/C40H45FN6/c1-6-29(22-32(7-2)43-27(5)18-26(3)4)37-24-35-39(25-42-37)45-46-40(35)38-23-34-33(13-10-14-36(34)44-38)30-19-28(20-31(41)21-30)12-11-17-47-15-8-9-16-47/h6-7,10,13-14,19-26,43-44H,2,5,8-9,11-12,15-18H2,1,3-4H3,(H,45,46)/b29-6+,32-22+. The molecule has 0 spiro atoms. The maximum Gasteiger partial charge on any atom is 0.124 e. The van der Waals surface area contributed by atoms with Gasteiger partial charge in [-0.1, -0.05) is 51.3 Å². The highest BCUT2D eigenvalue weighted by Crippen LogP contribution is 2.35. The minimum Gasteiger partial charge on any atom is -0.359 e. The molecule has 1 saturated heterocycles. The van der Waals surface area contributed by atoms with E-state index in [0.717, 1.165) is 98.4 Å². The number of fused-ring (bicyclic) bond motifs is 2. The van der Waals surface area contributed by atoms with Crippen molar-refractivity contribution in [3.63, 3.8) is 0 Å². The van der Waals surface area contributed by atoms with Crippen LogP contribution in [0.2, 0.25) is 0 Å². The predicted molar refractivity (Wildman–Crippen MR) is 194 cm³/mol. The molecule has 2 aromatic carbocycles. The Morgan fingerprint density at radius 3 is 2.68 bits per heavy atom. The van der Waals surface area contributed by atoms with Crippen molar-refractivity contribution in [2.75, 3.05) is 19.6 Å². The summed E-state index contributed by atoms with van der Waals surface area (Å²) in [6, 6.07) is 15.8. The van der Waals surface area contributed by atoms with Gasteiger partial charge in [0.15, 0.2) is 0 Å². The van der Waals surface area contributed by atoms with Crippen molar-refractivity contribution in [2.24, 2.45) is 5.92 Å². The van der Waals surface area contributed by atoms with Gasteiger partial charge in [0.25, 0.3) is 0 Å². The number of aryl methyl sites for hydroxylation is 1. The molecule has 47 heavy (non-hydrogen) atoms. The van der Waals surface area contributed by atoms with Crippen LogP contribution in [0.5, 0.6) is 0 Å². The molecule has 6 rings (SSSR count). The van der Waals surface area contributed by atoms with Gasteiger partial charge >= 0.3 is 0 Å². The minimum atomic E-state index is -0.197. The molecule has 0 amide bonds. The summed E-state index contributed by atoms with van der Waals surface area (Å²) in [4.78, 5) is 10.8. The van der Waals surface area contributed by atoms with Crippen LogP contribution in [0.3, 0.4) is 0 Å². The number of hydrogen-bond acceptors (Lipinski definition) is 4. The number of H-pyrrole nitrogens is 2. The molecule has 0 unspecified atom stereocenters. The first-order valence-electron chi connectivity index (χ1n) is 16.8. The Labute approximate surface area is 277 Å². The molecule has 0 saturated carbocycles. The first kappa shape index (κ1) is 32.2. The molecule has 1 fully saturated rings. The van der Waals surface area contributed by atoms with E-state index in [0.29, 0.717) is 5.92 Å². The zero-order valence-corrected chi connectivity index (χ0v) is 27.8. The lowest BCUT2D eigenvalue weighted by atomic mass is 9.98. The molecule has 1 aliphatic rings. The lowest BCUT2D eigenvalue weighted by Crippen LogP contribution is -2.20. The van der Waals surface area contributed by atoms with Gasteiger partial charge < -0.3 is 15.2 Å². The summed E-state index contributed by atoms with van der Waals surface area (Å²) in [5, 5.41) is 13.2. The van der Waals surface area contributed by atoms with Crippen molar-refractivity contribution < 1.29 is 4.39 Å². The molecular formula is C40H45FN6. The number of hydrogen-bond donors (Lipinski definition) is 3. The van der Waals surface area contributed by atoms with Crippen LogP contribution in [-0.2, 0) is 6.42 Å². The molecule has 3 N–H and O–H groups in total. The first-order chi connectivity index (χ1) is 22.8. The van der Waals surface area contributed by atoms with E-state index in [1.165, 1.54) is 25.9 Å². The first-order valence-corrected chi connectivity index (χ1v) is 16.8. The average Bonchev–Trinajstić information content (AvgIpc) is 3.82. The Kier molecular flexibility index (Phi) is 9.83. The van der Waals surface area contributed by atoms with E-state index < -0.39 is 0 Å². The fraction of sp³-hybridized carbons (Fsp3) is 0.300. The van der Waals surface area contributed by atoms with Crippen LogP contribution in [0.1, 0.15) is 57.7 Å². The quantitative estimate of drug-likeness (QED) is 0.114. The van der Waals surface area contributed by atoms with Crippen molar-refractivity contribution in [3.05, 3.63) is 115 Å². The second-order valence-electron chi connectivity index (χ2n) is 13.0. The topological polar surface area (TPSA) is 72.6 Å². The van der Waals surface area contributed by atoms with E-state index in [2.05, 4.69) is 77.6 Å². The Hall–Kier alpha value is -4.75. The average molecular weight is 629 g/mol. The Balaban J connectivity index is 1.30. The molecular weight excluding hydrogens is 583 g/mol. The second kappa shape index (κ2) is 14.3. The van der Waals surface area contributed by atoms with Crippen LogP contribution < -0.4 is 5.32 Å². The molecule has 4 heterocycles. The minimum absolute atomic E-state index is 0.197. The third-order valence-corrected chi connectivity index (χ3v) is 8.89. The number of nitrogens with one attached hydrogen (secondary N) is 3. The summed E-state index contributed by atoms with van der Waals surface area (Å²) in [6.45, 7) is 18.0. The van der Waals surface area contributed by atoms with Gasteiger partial charge in [-0.25, -0.2) is 4.39 Å². The molecule has 5 aromatic rings. The van der Waals surface area contributed by atoms with Crippen molar-refractivity contribution >= 4 is 27.4 Å². The van der Waals surface area contributed by atoms with Crippen LogP contribution in [0.15, 0.2) is 97.5 Å². The molecule has 3 aromatic heterocycles. The third kappa shape index (κ3) is 7.47. The van der Waals surface area contributed by atoms with Gasteiger partial charge in [-0.05, 0) is 129 Å². The van der Waals surface area contributed by atoms with Crippen LogP contribution in [0.4, 0.5) is 4.39 Å². The van der Waals surface area contributed by atoms with E-state index >= 15 is 0 Å². The van der Waals surface area contributed by atoms with E-state index in [9.17, 15) is 4.39 Å². The number of nitrogens with zero attached hydrogens (tertiary/aromatic N) is 3. The molecule has 6 nitrogen and oxygen atoms in total. The van der Waals surface area contributed by atoms with E-state index in [4.69, 9.17) is 10.1 Å². The number of likely N-dealkylation sites (tertiary alicyclic amines) is 1. The van der Waals surface area contributed by atoms with Crippen LogP contribution in [0.25, 0.3) is 49.9 Å². The van der Waals surface area contributed by atoms with Gasteiger partial charge in [0, 0.05) is 27.7 Å². The molecule has 7 heteroatoms. The van der Waals surface area contributed by atoms with Crippen molar-refractivity contribution in [3.8, 4) is 22.5 Å². The summed E-state index contributed by atoms with van der Waals surface area (Å²) in [6.07, 6.45) is 13.1. The fourth-order valence-corrected chi connectivity index (χ4v) is 6.64. The summed E-state index contributed by atoms with van der Waals surface area (Å²) in [5.41, 5.74) is 10.0. The second-order valence-corrected chi connectivity index (χ2v) is 13.0. The maximum absolute atomic E-state index is 14.9. The number of aromatic nitrogens is 4. The lowest BCUT2D eigenvalue weighted by molar-refractivity contribution is 0.334. The third-order valence-electron chi connectivity index (χ3n) is 8.89. The van der Waals surface area contributed by atoms with E-state index in [1.807, 2.05) is 31.3 Å². The van der Waals surface area contributed by atoms with Gasteiger partial charge in [-0.15, -0.1) is 0 Å². The Morgan fingerprint density at radius 2 is 1.91 bits per heavy atom. The number of aromatic amines is 2. The van der Waals surface area contributed by atoms with Gasteiger partial charge in [0.05, 0.1) is 23.1 Å². The zero-order chi connectivity index (χ0) is 32.9. The zero-order valence-electron chi connectivity index (χ0n) is 27.8. The Bertz CT molecular complexity index is 1970. The molecule has 1 aliphatic heterocycles. The normalized spacial score (nSPS) is 14.5. The number of pyridine rings is 1. The summed E-state index contributed by atoms with van der Waals surface area (Å²) >= 11 is 0. The molecule has 0 radical (unpaired) electrons. The molecule has 0 bridgehead atoms. The molecule has 0 atom stereocenters. The number of rotatable bonds is 13. The Morgan fingerprint density at radius 1 is 1.09 bits per heavy atom. The van der Waals surface area contributed by atoms with Gasteiger partial charge in [0.1, 0.15) is 11.5 Å². The number of halogens is 1. The van der Waals surface area contributed by atoms with Crippen LogP contribution >= 0.6 is 0 Å². The number of allylic oxidation sites excluding steroid dienone is 5. The van der Waals surface area contributed by atoms with Crippen molar-refractivity contribution in [1.29, 1.82) is 0 Å². The summed E-state index contributed by atoms with van der Waals surface area (Å²) in [7, 11) is 0. The number of benzene rings is 2. The molecule has 242 valence electrons. The highest BCUT2D eigenvalue weighted by Gasteiger charge is 2.16. The van der Waals surface area contributed by atoms with Gasteiger partial charge in [-0.3, -0.25) is 10.1 Å². The van der Waals surface area contributed by atoms with Crippen molar-refractivity contribution in [2.45, 2.75) is 52.9 Å². The van der Waals surface area contributed by atoms with Gasteiger partial charge in [-0.2, -0.15) is 5.10 Å².